The topological polar surface area (TPSA) is 127 Å². The highest BCUT2D eigenvalue weighted by Gasteiger charge is 2.28. The third kappa shape index (κ3) is 5.96. The Kier molecular flexibility index (Phi) is 7.93. The molecule has 0 unspecified atom stereocenters. The van der Waals surface area contributed by atoms with E-state index in [-0.39, 0.29) is 39.7 Å². The summed E-state index contributed by atoms with van der Waals surface area (Å²) in [5.74, 6) is 0.177. The number of hydrogen-bond acceptors (Lipinski definition) is 6. The summed E-state index contributed by atoms with van der Waals surface area (Å²) in [5.41, 5.74) is 9.53. The van der Waals surface area contributed by atoms with Crippen LogP contribution in [-0.4, -0.2) is 13.3 Å². The van der Waals surface area contributed by atoms with Crippen LogP contribution < -0.4 is 15.8 Å². The van der Waals surface area contributed by atoms with Crippen molar-refractivity contribution in [2.45, 2.75) is 64.2 Å². The van der Waals surface area contributed by atoms with E-state index in [4.69, 9.17) is 5.73 Å². The molecule has 0 fully saturated rings. The quantitative estimate of drug-likeness (QED) is 0.160. The first-order valence-electron chi connectivity index (χ1n) is 11.9. The molecule has 0 aliphatic heterocycles. The van der Waals surface area contributed by atoms with Gasteiger partial charge in [0.05, 0.1) is 15.5 Å². The van der Waals surface area contributed by atoms with Gasteiger partial charge in [-0.25, -0.2) is 8.42 Å². The molecule has 0 radical (unpaired) electrons. The molecule has 3 aromatic rings. The number of anilines is 4. The molecule has 0 saturated heterocycles. The third-order valence-corrected chi connectivity index (χ3v) is 7.50. The summed E-state index contributed by atoms with van der Waals surface area (Å²) in [6, 6.07) is 14.9. The molecular formula is C27H34N4O4S. The predicted octanol–water partition coefficient (Wildman–Crippen LogP) is 7.09. The number of sulfonamides is 1. The minimum atomic E-state index is -4.03. The molecule has 0 spiro atoms. The van der Waals surface area contributed by atoms with Crippen molar-refractivity contribution in [3.63, 3.8) is 0 Å². The fraction of sp³-hybridized carbons (Fsp3) is 0.333. The summed E-state index contributed by atoms with van der Waals surface area (Å²) in [5, 5.41) is 14.8. The van der Waals surface area contributed by atoms with Crippen LogP contribution in [0.3, 0.4) is 0 Å². The molecule has 4 N–H and O–H groups in total. The van der Waals surface area contributed by atoms with Crippen LogP contribution in [0.2, 0.25) is 0 Å². The Morgan fingerprint density at radius 1 is 0.806 bits per heavy atom. The van der Waals surface area contributed by atoms with Crippen LogP contribution in [0.5, 0.6) is 0 Å². The Morgan fingerprint density at radius 3 is 1.81 bits per heavy atom. The summed E-state index contributed by atoms with van der Waals surface area (Å²) in [6.07, 6.45) is 0. The van der Waals surface area contributed by atoms with Crippen LogP contribution in [0.1, 0.15) is 76.0 Å². The van der Waals surface area contributed by atoms with Crippen molar-refractivity contribution < 1.29 is 13.3 Å². The maximum atomic E-state index is 13.7. The molecule has 192 valence electrons. The molecule has 0 heterocycles. The average Bonchev–Trinajstić information content (AvgIpc) is 2.80. The Hall–Kier alpha value is -3.59. The van der Waals surface area contributed by atoms with Gasteiger partial charge in [-0.1, -0.05) is 53.7 Å². The zero-order valence-corrected chi connectivity index (χ0v) is 22.3. The normalized spacial score (nSPS) is 11.8. The molecule has 0 amide bonds. The molecule has 0 aliphatic carbocycles. The van der Waals surface area contributed by atoms with Gasteiger partial charge in [0, 0.05) is 17.4 Å². The van der Waals surface area contributed by atoms with E-state index in [9.17, 15) is 18.5 Å². The number of nitro benzene ring substituents is 1. The van der Waals surface area contributed by atoms with E-state index >= 15 is 0 Å². The predicted molar refractivity (Wildman–Crippen MR) is 147 cm³/mol. The minimum absolute atomic E-state index is 0.0337. The van der Waals surface area contributed by atoms with Gasteiger partial charge in [0.25, 0.3) is 15.7 Å². The summed E-state index contributed by atoms with van der Waals surface area (Å²) in [4.78, 5) is 11.5. The number of nitrogens with zero attached hydrogens (tertiary/aromatic N) is 1. The summed E-state index contributed by atoms with van der Waals surface area (Å²) >= 11 is 0. The van der Waals surface area contributed by atoms with Crippen LogP contribution >= 0.6 is 0 Å². The van der Waals surface area contributed by atoms with Gasteiger partial charge in [0.2, 0.25) is 0 Å². The van der Waals surface area contributed by atoms with Crippen molar-refractivity contribution in [1.82, 2.24) is 0 Å². The van der Waals surface area contributed by atoms with E-state index in [2.05, 4.69) is 23.9 Å². The van der Waals surface area contributed by atoms with Gasteiger partial charge in [-0.15, -0.1) is 0 Å². The highest BCUT2D eigenvalue weighted by molar-refractivity contribution is 7.92. The molecule has 0 aliphatic rings. The van der Waals surface area contributed by atoms with Crippen LogP contribution in [0.15, 0.2) is 59.5 Å². The van der Waals surface area contributed by atoms with E-state index in [1.165, 1.54) is 18.2 Å². The highest BCUT2D eigenvalue weighted by atomic mass is 32.2. The smallest absolute Gasteiger partial charge is 0.294 e. The monoisotopic (exact) mass is 510 g/mol. The van der Waals surface area contributed by atoms with Gasteiger partial charge in [0.15, 0.2) is 0 Å². The Balaban J connectivity index is 2.06. The molecule has 8 nitrogen and oxygen atoms in total. The first kappa shape index (κ1) is 27.0. The SMILES string of the molecule is CC(C)c1cc(C(C)C)c(S(=O)(=O)Nc2ccc(Nc3ccc(N)cc3)c([N+](=O)[O-])c2)c(C(C)C)c1. The van der Waals surface area contributed by atoms with Crippen molar-refractivity contribution in [2.75, 3.05) is 15.8 Å². The van der Waals surface area contributed by atoms with Crippen molar-refractivity contribution in [3.05, 3.63) is 81.4 Å². The van der Waals surface area contributed by atoms with Crippen molar-refractivity contribution >= 4 is 38.5 Å². The first-order valence-corrected chi connectivity index (χ1v) is 13.4. The molecular weight excluding hydrogens is 476 g/mol. The Bertz CT molecular complexity index is 1340. The molecule has 0 bridgehead atoms. The lowest BCUT2D eigenvalue weighted by Crippen LogP contribution is -2.19. The molecule has 0 aromatic heterocycles. The first-order chi connectivity index (χ1) is 16.8. The van der Waals surface area contributed by atoms with Gasteiger partial charge in [-0.05, 0) is 70.8 Å². The van der Waals surface area contributed by atoms with Gasteiger partial charge >= 0.3 is 0 Å². The van der Waals surface area contributed by atoms with E-state index in [1.807, 2.05) is 39.8 Å². The second kappa shape index (κ2) is 10.6. The van der Waals surface area contributed by atoms with Crippen LogP contribution in [0.4, 0.5) is 28.4 Å². The van der Waals surface area contributed by atoms with Crippen LogP contribution in [-0.2, 0) is 10.0 Å². The number of rotatable bonds is 9. The maximum absolute atomic E-state index is 13.7. The van der Waals surface area contributed by atoms with Gasteiger partial charge in [0.1, 0.15) is 5.69 Å². The Labute approximate surface area is 213 Å². The van der Waals surface area contributed by atoms with Crippen molar-refractivity contribution in [1.29, 1.82) is 0 Å². The number of nitrogen functional groups attached to an aromatic ring is 1. The molecule has 36 heavy (non-hydrogen) atoms. The van der Waals surface area contributed by atoms with Crippen molar-refractivity contribution in [2.24, 2.45) is 0 Å². The second-order valence-electron chi connectivity index (χ2n) is 9.83. The van der Waals surface area contributed by atoms with E-state index in [1.54, 1.807) is 24.3 Å². The van der Waals surface area contributed by atoms with Crippen molar-refractivity contribution in [3.8, 4) is 0 Å². The average molecular weight is 511 g/mol. The Morgan fingerprint density at radius 2 is 1.33 bits per heavy atom. The second-order valence-corrected chi connectivity index (χ2v) is 11.5. The lowest BCUT2D eigenvalue weighted by Gasteiger charge is -2.23. The summed E-state index contributed by atoms with van der Waals surface area (Å²) in [7, 11) is -4.03. The maximum Gasteiger partial charge on any atom is 0.294 e. The third-order valence-electron chi connectivity index (χ3n) is 5.98. The van der Waals surface area contributed by atoms with Crippen LogP contribution in [0.25, 0.3) is 0 Å². The fourth-order valence-electron chi connectivity index (χ4n) is 3.98. The lowest BCUT2D eigenvalue weighted by molar-refractivity contribution is -0.383. The number of hydrogen-bond donors (Lipinski definition) is 3. The standard InChI is InChI=1S/C27H34N4O4S/c1-16(2)19-13-23(17(3)4)27(24(14-19)18(5)6)36(34,35)30-22-11-12-25(26(15-22)31(32)33)29-21-9-7-20(28)8-10-21/h7-18,29-30H,28H2,1-6H3. The van der Waals surface area contributed by atoms with E-state index < -0.39 is 14.9 Å². The number of benzene rings is 3. The largest absolute Gasteiger partial charge is 0.399 e. The summed E-state index contributed by atoms with van der Waals surface area (Å²) in [6.45, 7) is 12.0. The molecule has 3 aromatic carbocycles. The minimum Gasteiger partial charge on any atom is -0.399 e. The number of nitro groups is 1. The fourth-order valence-corrected chi connectivity index (χ4v) is 5.73. The molecule has 3 rings (SSSR count). The highest BCUT2D eigenvalue weighted by Crippen LogP contribution is 2.37. The molecule has 9 heteroatoms. The van der Waals surface area contributed by atoms with Gasteiger partial charge in [-0.2, -0.15) is 0 Å². The molecule has 0 atom stereocenters. The zero-order valence-electron chi connectivity index (χ0n) is 21.5. The van der Waals surface area contributed by atoms with Gasteiger partial charge < -0.3 is 11.1 Å². The summed E-state index contributed by atoms with van der Waals surface area (Å²) < 4.78 is 30.0. The van der Waals surface area contributed by atoms with E-state index in [0.717, 1.165) is 16.7 Å². The number of nitrogens with two attached hydrogens (primary N) is 1. The van der Waals surface area contributed by atoms with E-state index in [0.29, 0.717) is 11.4 Å². The van der Waals surface area contributed by atoms with Crippen LogP contribution in [0, 0.1) is 10.1 Å². The zero-order chi connectivity index (χ0) is 26.8. The lowest BCUT2D eigenvalue weighted by atomic mass is 9.89. The van der Waals surface area contributed by atoms with Gasteiger partial charge in [-0.3, -0.25) is 14.8 Å². The number of nitrogens with one attached hydrogen (secondary N) is 2. The molecule has 0 saturated carbocycles.